The quantitative estimate of drug-likeness (QED) is 0.699. The highest BCUT2D eigenvalue weighted by molar-refractivity contribution is 7.86. The van der Waals surface area contributed by atoms with Crippen molar-refractivity contribution in [2.45, 2.75) is 32.5 Å². The molecule has 2 unspecified atom stereocenters. The van der Waals surface area contributed by atoms with Crippen molar-refractivity contribution in [2.75, 3.05) is 45.8 Å². The molecule has 9 heteroatoms. The zero-order valence-electron chi connectivity index (χ0n) is 13.3. The van der Waals surface area contributed by atoms with E-state index in [4.69, 9.17) is 10.5 Å². The van der Waals surface area contributed by atoms with Crippen LogP contribution in [-0.2, 0) is 19.7 Å². The predicted octanol–water partition coefficient (Wildman–Crippen LogP) is -1.17. The molecule has 0 aliphatic carbocycles. The van der Waals surface area contributed by atoms with Crippen LogP contribution in [0.1, 0.15) is 20.3 Å². The average Bonchev–Trinajstić information content (AvgIpc) is 2.46. The van der Waals surface area contributed by atoms with E-state index >= 15 is 0 Å². The molecule has 2 aliphatic heterocycles. The monoisotopic (exact) mass is 334 g/mol. The van der Waals surface area contributed by atoms with Crippen molar-refractivity contribution >= 4 is 16.1 Å². The van der Waals surface area contributed by atoms with Crippen molar-refractivity contribution in [1.82, 2.24) is 13.5 Å². The van der Waals surface area contributed by atoms with Gasteiger partial charge in [-0.15, -0.1) is 0 Å². The highest BCUT2D eigenvalue weighted by Gasteiger charge is 2.37. The molecule has 0 aromatic rings. The normalized spacial score (nSPS) is 28.8. The van der Waals surface area contributed by atoms with Crippen LogP contribution in [0.4, 0.5) is 0 Å². The lowest BCUT2D eigenvalue weighted by molar-refractivity contribution is -0.132. The van der Waals surface area contributed by atoms with Gasteiger partial charge in [-0.05, 0) is 13.8 Å². The van der Waals surface area contributed by atoms with Crippen molar-refractivity contribution in [2.24, 2.45) is 5.73 Å². The van der Waals surface area contributed by atoms with E-state index in [2.05, 4.69) is 0 Å². The fraction of sp³-hybridized carbons (Fsp3) is 0.923. The van der Waals surface area contributed by atoms with E-state index in [0.29, 0.717) is 52.2 Å². The van der Waals surface area contributed by atoms with Gasteiger partial charge in [-0.1, -0.05) is 0 Å². The van der Waals surface area contributed by atoms with Gasteiger partial charge in [0.15, 0.2) is 0 Å². The minimum Gasteiger partial charge on any atom is -0.373 e. The molecular formula is C13H26N4O4S. The van der Waals surface area contributed by atoms with Gasteiger partial charge in [-0.3, -0.25) is 4.79 Å². The molecule has 2 saturated heterocycles. The summed E-state index contributed by atoms with van der Waals surface area (Å²) in [4.78, 5) is 13.5. The number of nitrogens with two attached hydrogens (primary N) is 1. The van der Waals surface area contributed by atoms with Gasteiger partial charge in [0, 0.05) is 52.2 Å². The molecule has 2 fully saturated rings. The highest BCUT2D eigenvalue weighted by Crippen LogP contribution is 2.19. The fourth-order valence-electron chi connectivity index (χ4n) is 2.93. The summed E-state index contributed by atoms with van der Waals surface area (Å²) in [6.45, 7) is 6.33. The van der Waals surface area contributed by atoms with Crippen LogP contribution in [0.15, 0.2) is 0 Å². The van der Waals surface area contributed by atoms with Crippen molar-refractivity contribution in [3.8, 4) is 0 Å². The summed E-state index contributed by atoms with van der Waals surface area (Å²) < 4.78 is 34.0. The van der Waals surface area contributed by atoms with Crippen LogP contribution in [0.5, 0.6) is 0 Å². The molecule has 2 aliphatic rings. The SMILES string of the molecule is CC1CN(S(=O)(=O)N2CCN(C(=O)CCN)CC2)CC(C)O1. The summed E-state index contributed by atoms with van der Waals surface area (Å²) in [6.07, 6.45) is 0.0995. The second kappa shape index (κ2) is 7.22. The molecule has 0 radical (unpaired) electrons. The lowest BCUT2D eigenvalue weighted by Crippen LogP contribution is -2.57. The first kappa shape index (κ1) is 17.6. The van der Waals surface area contributed by atoms with E-state index in [9.17, 15) is 13.2 Å². The third kappa shape index (κ3) is 3.96. The number of nitrogens with zero attached hydrogens (tertiary/aromatic N) is 3. The van der Waals surface area contributed by atoms with Crippen LogP contribution >= 0.6 is 0 Å². The Morgan fingerprint density at radius 1 is 1.09 bits per heavy atom. The minimum absolute atomic E-state index is 0.00633. The van der Waals surface area contributed by atoms with E-state index in [1.54, 1.807) is 4.90 Å². The number of amides is 1. The van der Waals surface area contributed by atoms with E-state index < -0.39 is 10.2 Å². The Balaban J connectivity index is 1.96. The van der Waals surface area contributed by atoms with Crippen LogP contribution in [-0.4, -0.2) is 85.9 Å². The molecule has 2 heterocycles. The Kier molecular flexibility index (Phi) is 5.78. The molecule has 2 N–H and O–H groups in total. The van der Waals surface area contributed by atoms with Gasteiger partial charge in [-0.2, -0.15) is 17.0 Å². The van der Waals surface area contributed by atoms with Crippen molar-refractivity contribution in [3.63, 3.8) is 0 Å². The summed E-state index contributed by atoms with van der Waals surface area (Å²) >= 11 is 0. The molecule has 0 bridgehead atoms. The lowest BCUT2D eigenvalue weighted by atomic mass is 10.3. The number of hydrogen-bond donors (Lipinski definition) is 1. The van der Waals surface area contributed by atoms with Gasteiger partial charge in [0.2, 0.25) is 5.91 Å². The summed E-state index contributed by atoms with van der Waals surface area (Å²) in [5.41, 5.74) is 5.38. The number of hydrogen-bond acceptors (Lipinski definition) is 5. The number of carbonyl (C=O) groups excluding carboxylic acids is 1. The summed E-state index contributed by atoms with van der Waals surface area (Å²) in [7, 11) is -3.49. The third-order valence-corrected chi connectivity index (χ3v) is 5.96. The zero-order valence-corrected chi connectivity index (χ0v) is 14.1. The minimum atomic E-state index is -3.49. The molecule has 0 spiro atoms. The highest BCUT2D eigenvalue weighted by atomic mass is 32.2. The topological polar surface area (TPSA) is 96.2 Å². The average molecular weight is 334 g/mol. The van der Waals surface area contributed by atoms with E-state index in [1.165, 1.54) is 8.61 Å². The first-order valence-corrected chi connectivity index (χ1v) is 9.12. The molecular weight excluding hydrogens is 308 g/mol. The third-order valence-electron chi connectivity index (χ3n) is 3.99. The van der Waals surface area contributed by atoms with E-state index in [0.717, 1.165) is 0 Å². The molecule has 8 nitrogen and oxygen atoms in total. The second-order valence-electron chi connectivity index (χ2n) is 5.90. The summed E-state index contributed by atoms with van der Waals surface area (Å²) in [5, 5.41) is 0. The van der Waals surface area contributed by atoms with Crippen LogP contribution in [0, 0.1) is 0 Å². The fourth-order valence-corrected chi connectivity index (χ4v) is 4.68. The van der Waals surface area contributed by atoms with E-state index in [-0.39, 0.29) is 18.1 Å². The number of ether oxygens (including phenoxy) is 1. The van der Waals surface area contributed by atoms with Crippen LogP contribution in [0.2, 0.25) is 0 Å². The van der Waals surface area contributed by atoms with Crippen LogP contribution < -0.4 is 5.73 Å². The molecule has 128 valence electrons. The number of rotatable bonds is 4. The summed E-state index contributed by atoms with van der Waals surface area (Å²) in [6, 6.07) is 0. The largest absolute Gasteiger partial charge is 0.373 e. The van der Waals surface area contributed by atoms with Gasteiger partial charge in [0.25, 0.3) is 10.2 Å². The molecule has 0 aromatic carbocycles. The smallest absolute Gasteiger partial charge is 0.282 e. The zero-order chi connectivity index (χ0) is 16.3. The first-order chi connectivity index (χ1) is 10.3. The second-order valence-corrected chi connectivity index (χ2v) is 7.83. The van der Waals surface area contributed by atoms with Crippen molar-refractivity contribution < 1.29 is 17.9 Å². The summed E-state index contributed by atoms with van der Waals surface area (Å²) in [5.74, 6) is -0.00633. The first-order valence-electron chi connectivity index (χ1n) is 7.73. The molecule has 0 saturated carbocycles. The van der Waals surface area contributed by atoms with Gasteiger partial charge in [0.05, 0.1) is 12.2 Å². The maximum atomic E-state index is 12.7. The van der Waals surface area contributed by atoms with Crippen LogP contribution in [0.3, 0.4) is 0 Å². The Labute approximate surface area is 132 Å². The van der Waals surface area contributed by atoms with Gasteiger partial charge < -0.3 is 15.4 Å². The number of morpholine rings is 1. The Hall–Kier alpha value is -0.740. The van der Waals surface area contributed by atoms with Gasteiger partial charge in [0.1, 0.15) is 0 Å². The molecule has 22 heavy (non-hydrogen) atoms. The van der Waals surface area contributed by atoms with Gasteiger partial charge >= 0.3 is 0 Å². The maximum Gasteiger partial charge on any atom is 0.282 e. The number of carbonyl (C=O) groups is 1. The van der Waals surface area contributed by atoms with E-state index in [1.807, 2.05) is 13.8 Å². The van der Waals surface area contributed by atoms with Crippen LogP contribution in [0.25, 0.3) is 0 Å². The van der Waals surface area contributed by atoms with Crippen molar-refractivity contribution in [3.05, 3.63) is 0 Å². The Morgan fingerprint density at radius 3 is 2.14 bits per heavy atom. The standard InChI is InChI=1S/C13H26N4O4S/c1-11-9-17(10-12(2)21-11)22(19,20)16-7-5-15(6-8-16)13(18)3-4-14/h11-12H,3-10,14H2,1-2H3. The number of piperazine rings is 1. The lowest BCUT2D eigenvalue weighted by Gasteiger charge is -2.40. The molecule has 2 rings (SSSR count). The van der Waals surface area contributed by atoms with Crippen molar-refractivity contribution in [1.29, 1.82) is 0 Å². The van der Waals surface area contributed by atoms with Gasteiger partial charge in [-0.25, -0.2) is 0 Å². The predicted molar refractivity (Wildman–Crippen MR) is 82.3 cm³/mol. The molecule has 1 amide bonds. The maximum absolute atomic E-state index is 12.7. The Bertz CT molecular complexity index is 480. The molecule has 2 atom stereocenters. The Morgan fingerprint density at radius 2 is 1.64 bits per heavy atom. The molecule has 0 aromatic heterocycles.